The van der Waals surface area contributed by atoms with Crippen molar-refractivity contribution in [3.63, 3.8) is 0 Å². The third-order valence-corrected chi connectivity index (χ3v) is 1.17. The maximum atomic E-state index is 3.98. The maximum Gasteiger partial charge on any atom is 0.0372 e. The standard InChI is InChI=1S/C6H7N.C3H6/c1-6-4-2-3-5-7-6;1-2-3-1/h2-5H,1H3;1-3H2. The average Bonchev–Trinajstić information content (AvgIpc) is 2.73. The van der Waals surface area contributed by atoms with E-state index in [9.17, 15) is 0 Å². The molecule has 1 aromatic rings. The van der Waals surface area contributed by atoms with E-state index in [0.29, 0.717) is 0 Å². The normalized spacial score (nSPS) is 13.3. The second-order valence-corrected chi connectivity index (χ2v) is 2.53. The van der Waals surface area contributed by atoms with Gasteiger partial charge in [-0.2, -0.15) is 0 Å². The summed E-state index contributed by atoms with van der Waals surface area (Å²) >= 11 is 0. The van der Waals surface area contributed by atoms with Gasteiger partial charge in [0.15, 0.2) is 0 Å². The molecule has 0 aromatic carbocycles. The summed E-state index contributed by atoms with van der Waals surface area (Å²) in [4.78, 5) is 3.98. The van der Waals surface area contributed by atoms with Gasteiger partial charge in [-0.1, -0.05) is 25.3 Å². The molecule has 0 unspecified atom stereocenters. The highest BCUT2D eigenvalue weighted by Gasteiger charge is 1.95. The van der Waals surface area contributed by atoms with E-state index in [-0.39, 0.29) is 0 Å². The van der Waals surface area contributed by atoms with Gasteiger partial charge in [0.05, 0.1) is 0 Å². The molecule has 0 amide bonds. The first-order chi connectivity index (χ1) is 4.89. The summed E-state index contributed by atoms with van der Waals surface area (Å²) in [6.45, 7) is 1.97. The number of aryl methyl sites for hydroxylation is 1. The molecular weight excluding hydrogens is 122 g/mol. The highest BCUT2D eigenvalue weighted by atomic mass is 14.6. The fourth-order valence-electron chi connectivity index (χ4n) is 0.448. The van der Waals surface area contributed by atoms with E-state index in [0.717, 1.165) is 5.69 Å². The largest absolute Gasteiger partial charge is 0.262 e. The van der Waals surface area contributed by atoms with Gasteiger partial charge in [-0.3, -0.25) is 4.98 Å². The van der Waals surface area contributed by atoms with Gasteiger partial charge in [-0.25, -0.2) is 0 Å². The van der Waals surface area contributed by atoms with Crippen molar-refractivity contribution in [2.45, 2.75) is 26.2 Å². The van der Waals surface area contributed by atoms with Crippen LogP contribution in [0.3, 0.4) is 0 Å². The molecule has 1 aromatic heterocycles. The molecule has 0 bridgehead atoms. The summed E-state index contributed by atoms with van der Waals surface area (Å²) in [5, 5.41) is 0. The van der Waals surface area contributed by atoms with Crippen LogP contribution in [0.2, 0.25) is 0 Å². The number of pyridine rings is 1. The van der Waals surface area contributed by atoms with E-state index in [4.69, 9.17) is 0 Å². The van der Waals surface area contributed by atoms with Crippen molar-refractivity contribution in [3.8, 4) is 0 Å². The third-order valence-electron chi connectivity index (χ3n) is 1.17. The van der Waals surface area contributed by atoms with Gasteiger partial charge in [0.1, 0.15) is 0 Å². The van der Waals surface area contributed by atoms with E-state index in [2.05, 4.69) is 4.98 Å². The lowest BCUT2D eigenvalue weighted by molar-refractivity contribution is 1.20. The summed E-state index contributed by atoms with van der Waals surface area (Å²) in [6.07, 6.45) is 6.29. The summed E-state index contributed by atoms with van der Waals surface area (Å²) < 4.78 is 0. The van der Waals surface area contributed by atoms with Crippen LogP contribution in [0, 0.1) is 6.92 Å². The van der Waals surface area contributed by atoms with Crippen molar-refractivity contribution in [3.05, 3.63) is 30.1 Å². The highest BCUT2D eigenvalue weighted by molar-refractivity contribution is 4.99. The first kappa shape index (κ1) is 7.26. The molecule has 1 heterocycles. The van der Waals surface area contributed by atoms with E-state index in [1.54, 1.807) is 6.20 Å². The Hall–Kier alpha value is -0.850. The van der Waals surface area contributed by atoms with Crippen LogP contribution in [0.15, 0.2) is 24.4 Å². The topological polar surface area (TPSA) is 12.9 Å². The van der Waals surface area contributed by atoms with Gasteiger partial charge in [0.2, 0.25) is 0 Å². The zero-order chi connectivity index (χ0) is 7.23. The van der Waals surface area contributed by atoms with Gasteiger partial charge in [-0.05, 0) is 19.1 Å². The molecule has 1 aliphatic carbocycles. The SMILES string of the molecule is C1CC1.Cc1ccccn1. The van der Waals surface area contributed by atoms with Crippen LogP contribution in [0.25, 0.3) is 0 Å². The number of hydrogen-bond acceptors (Lipinski definition) is 1. The molecule has 2 rings (SSSR count). The van der Waals surface area contributed by atoms with Crippen molar-refractivity contribution in [2.75, 3.05) is 0 Å². The fourth-order valence-corrected chi connectivity index (χ4v) is 0.448. The maximum absolute atomic E-state index is 3.98. The van der Waals surface area contributed by atoms with E-state index in [1.165, 1.54) is 19.3 Å². The van der Waals surface area contributed by atoms with Crippen molar-refractivity contribution in [1.82, 2.24) is 4.98 Å². The van der Waals surface area contributed by atoms with Crippen LogP contribution < -0.4 is 0 Å². The lowest BCUT2D eigenvalue weighted by atomic mass is 10.4. The molecular formula is C9H13N. The van der Waals surface area contributed by atoms with Gasteiger partial charge >= 0.3 is 0 Å². The van der Waals surface area contributed by atoms with Crippen LogP contribution in [0.4, 0.5) is 0 Å². The second kappa shape index (κ2) is 4.04. The second-order valence-electron chi connectivity index (χ2n) is 2.53. The Labute approximate surface area is 62.1 Å². The van der Waals surface area contributed by atoms with Crippen LogP contribution in [0.1, 0.15) is 25.0 Å². The quantitative estimate of drug-likeness (QED) is 0.532. The van der Waals surface area contributed by atoms with Crippen LogP contribution in [-0.4, -0.2) is 4.98 Å². The van der Waals surface area contributed by atoms with Crippen molar-refractivity contribution in [1.29, 1.82) is 0 Å². The van der Waals surface area contributed by atoms with E-state index >= 15 is 0 Å². The number of hydrogen-bond donors (Lipinski definition) is 0. The van der Waals surface area contributed by atoms with E-state index in [1.807, 2.05) is 25.1 Å². The smallest absolute Gasteiger partial charge is 0.0372 e. The molecule has 1 aliphatic rings. The number of rotatable bonds is 0. The Morgan fingerprint density at radius 3 is 2.10 bits per heavy atom. The minimum Gasteiger partial charge on any atom is -0.262 e. The van der Waals surface area contributed by atoms with Crippen molar-refractivity contribution in [2.24, 2.45) is 0 Å². The molecule has 10 heavy (non-hydrogen) atoms. The average molecular weight is 135 g/mol. The van der Waals surface area contributed by atoms with Gasteiger partial charge in [-0.15, -0.1) is 0 Å². The van der Waals surface area contributed by atoms with Gasteiger partial charge in [0, 0.05) is 11.9 Å². The van der Waals surface area contributed by atoms with Crippen LogP contribution in [0.5, 0.6) is 0 Å². The summed E-state index contributed by atoms with van der Waals surface area (Å²) in [6, 6.07) is 5.86. The van der Waals surface area contributed by atoms with Crippen molar-refractivity contribution >= 4 is 0 Å². The van der Waals surface area contributed by atoms with Gasteiger partial charge in [0.25, 0.3) is 0 Å². The number of aromatic nitrogens is 1. The predicted molar refractivity (Wildman–Crippen MR) is 42.8 cm³/mol. The zero-order valence-electron chi connectivity index (χ0n) is 6.38. The molecule has 0 N–H and O–H groups in total. The molecule has 1 saturated carbocycles. The monoisotopic (exact) mass is 135 g/mol. The summed E-state index contributed by atoms with van der Waals surface area (Å²) in [5.41, 5.74) is 1.07. The first-order valence-electron chi connectivity index (χ1n) is 3.77. The van der Waals surface area contributed by atoms with Crippen LogP contribution in [-0.2, 0) is 0 Å². The predicted octanol–water partition coefficient (Wildman–Crippen LogP) is 2.56. The van der Waals surface area contributed by atoms with Gasteiger partial charge < -0.3 is 0 Å². The molecule has 0 radical (unpaired) electrons. The van der Waals surface area contributed by atoms with Crippen molar-refractivity contribution < 1.29 is 0 Å². The molecule has 0 saturated heterocycles. The lowest BCUT2D eigenvalue weighted by Gasteiger charge is -1.82. The molecule has 1 heteroatoms. The molecule has 1 nitrogen and oxygen atoms in total. The minimum atomic E-state index is 1.07. The molecule has 1 fully saturated rings. The Bertz CT molecular complexity index is 165. The third kappa shape index (κ3) is 4.07. The van der Waals surface area contributed by atoms with Crippen LogP contribution >= 0.6 is 0 Å². The highest BCUT2D eigenvalue weighted by Crippen LogP contribution is 2.14. The molecule has 0 aliphatic heterocycles. The Morgan fingerprint density at radius 2 is 1.90 bits per heavy atom. The van der Waals surface area contributed by atoms with E-state index < -0.39 is 0 Å². The Balaban J connectivity index is 0.000000138. The summed E-state index contributed by atoms with van der Waals surface area (Å²) in [5.74, 6) is 0. The molecule has 0 atom stereocenters. The first-order valence-corrected chi connectivity index (χ1v) is 3.77. The lowest BCUT2D eigenvalue weighted by Crippen LogP contribution is -1.72. The zero-order valence-corrected chi connectivity index (χ0v) is 6.38. The molecule has 0 spiro atoms. The summed E-state index contributed by atoms with van der Waals surface area (Å²) in [7, 11) is 0. The minimum absolute atomic E-state index is 1.07. The number of nitrogens with zero attached hydrogens (tertiary/aromatic N) is 1. The molecule has 54 valence electrons. The fraction of sp³-hybridized carbons (Fsp3) is 0.444. The Morgan fingerprint density at radius 1 is 1.20 bits per heavy atom. The Kier molecular flexibility index (Phi) is 2.94.